The molecule has 0 spiro atoms. The van der Waals surface area contributed by atoms with Gasteiger partial charge in [-0.2, -0.15) is 0 Å². The number of H-pyrrole nitrogens is 1. The van der Waals surface area contributed by atoms with E-state index in [0.29, 0.717) is 11.8 Å². The van der Waals surface area contributed by atoms with Crippen LogP contribution in [0, 0.1) is 29.1 Å². The largest absolute Gasteiger partial charge is 0.390 e. The van der Waals surface area contributed by atoms with Crippen molar-refractivity contribution >= 4 is 16.7 Å². The van der Waals surface area contributed by atoms with Crippen molar-refractivity contribution in [3.8, 4) is 0 Å². The molecular weight excluding hydrogens is 434 g/mol. The molecule has 2 aromatic rings. The third-order valence-corrected chi connectivity index (χ3v) is 11.8. The van der Waals surface area contributed by atoms with Crippen molar-refractivity contribution in [1.29, 1.82) is 0 Å². The molecule has 2 heterocycles. The lowest BCUT2D eigenvalue weighted by molar-refractivity contribution is -0.173. The number of carbonyl (C=O) groups is 1. The molecule has 4 aliphatic rings. The van der Waals surface area contributed by atoms with Gasteiger partial charge in [0.2, 0.25) is 0 Å². The summed E-state index contributed by atoms with van der Waals surface area (Å²) >= 11 is 0. The van der Waals surface area contributed by atoms with E-state index in [1.54, 1.807) is 0 Å². The van der Waals surface area contributed by atoms with Gasteiger partial charge in [0, 0.05) is 38.9 Å². The molecule has 0 bridgehead atoms. The van der Waals surface area contributed by atoms with Gasteiger partial charge in [0.05, 0.1) is 22.7 Å². The fourth-order valence-electron chi connectivity index (χ4n) is 9.70. The van der Waals surface area contributed by atoms with Crippen LogP contribution in [0.25, 0.3) is 10.9 Å². The monoisotopic (exact) mass is 477 g/mol. The van der Waals surface area contributed by atoms with Gasteiger partial charge >= 0.3 is 0 Å². The van der Waals surface area contributed by atoms with Gasteiger partial charge in [0.15, 0.2) is 5.78 Å². The molecule has 2 N–H and O–H groups in total. The molecule has 0 radical (unpaired) electrons. The van der Waals surface area contributed by atoms with Crippen molar-refractivity contribution < 1.29 is 14.6 Å². The summed E-state index contributed by atoms with van der Waals surface area (Å²) < 4.78 is 6.48. The van der Waals surface area contributed by atoms with Gasteiger partial charge < -0.3 is 14.8 Å². The number of fused-ring (bicyclic) bond motifs is 8. The van der Waals surface area contributed by atoms with Gasteiger partial charge in [-0.15, -0.1) is 0 Å². The van der Waals surface area contributed by atoms with Gasteiger partial charge in [0.1, 0.15) is 0 Å². The molecule has 2 fully saturated rings. The van der Waals surface area contributed by atoms with Crippen LogP contribution in [-0.4, -0.2) is 32.7 Å². The Morgan fingerprint density at radius 1 is 1.00 bits per heavy atom. The molecule has 1 saturated heterocycles. The second kappa shape index (κ2) is 6.61. The molecule has 35 heavy (non-hydrogen) atoms. The highest BCUT2D eigenvalue weighted by molar-refractivity contribution is 6.06. The number of hydrogen-bond acceptors (Lipinski definition) is 3. The van der Waals surface area contributed by atoms with E-state index in [1.807, 2.05) is 0 Å². The number of aromatic amines is 1. The minimum absolute atomic E-state index is 0.103. The molecule has 6 atom stereocenters. The van der Waals surface area contributed by atoms with E-state index in [2.05, 4.69) is 79.4 Å². The molecule has 190 valence electrons. The maximum absolute atomic E-state index is 13.9. The molecule has 4 heteroatoms. The Labute approximate surface area is 210 Å². The molecule has 3 unspecified atom stereocenters. The number of ether oxygens (including phenoxy) is 1. The first-order valence-electron chi connectivity index (χ1n) is 13.7. The predicted octanol–water partition coefficient (Wildman–Crippen LogP) is 6.36. The zero-order valence-electron chi connectivity index (χ0n) is 23.1. The lowest BCUT2D eigenvalue weighted by atomic mass is 9.45. The number of nitrogens with one attached hydrogen (secondary N) is 1. The van der Waals surface area contributed by atoms with E-state index in [1.165, 1.54) is 22.2 Å². The normalized spacial score (nSPS) is 41.1. The van der Waals surface area contributed by atoms with Crippen LogP contribution < -0.4 is 0 Å². The summed E-state index contributed by atoms with van der Waals surface area (Å²) in [6, 6.07) is 4.19. The minimum atomic E-state index is -0.731. The summed E-state index contributed by atoms with van der Waals surface area (Å²) in [6.07, 6.45) is 3.77. The summed E-state index contributed by atoms with van der Waals surface area (Å²) in [4.78, 5) is 17.8. The minimum Gasteiger partial charge on any atom is -0.390 e. The van der Waals surface area contributed by atoms with Crippen LogP contribution in [0.2, 0.25) is 0 Å². The van der Waals surface area contributed by atoms with Gasteiger partial charge in [-0.25, -0.2) is 0 Å². The zero-order valence-corrected chi connectivity index (χ0v) is 23.1. The number of Topliss-reactive ketones (excluding diaryl/α,β-unsaturated/α-hetero) is 1. The molecular formula is C31H43NO3. The van der Waals surface area contributed by atoms with Crippen molar-refractivity contribution in [3.63, 3.8) is 0 Å². The van der Waals surface area contributed by atoms with E-state index in [-0.39, 0.29) is 34.1 Å². The lowest BCUT2D eigenvalue weighted by Crippen LogP contribution is -2.63. The Morgan fingerprint density at radius 3 is 2.34 bits per heavy atom. The number of carbonyl (C=O) groups excluding carboxylic acids is 1. The third-order valence-electron chi connectivity index (χ3n) is 11.8. The Hall–Kier alpha value is -1.65. The van der Waals surface area contributed by atoms with Gasteiger partial charge in [-0.3, -0.25) is 4.79 Å². The van der Waals surface area contributed by atoms with Gasteiger partial charge in [-0.1, -0.05) is 27.7 Å². The van der Waals surface area contributed by atoms with Crippen molar-refractivity contribution in [2.75, 3.05) is 0 Å². The molecule has 1 aliphatic heterocycles. The highest BCUT2D eigenvalue weighted by Crippen LogP contribution is 2.66. The average Bonchev–Trinajstić information content (AvgIpc) is 3.30. The molecule has 6 rings (SSSR count). The smallest absolute Gasteiger partial charge is 0.169 e. The fourth-order valence-corrected chi connectivity index (χ4v) is 9.70. The first-order chi connectivity index (χ1) is 16.1. The quantitative estimate of drug-likeness (QED) is 0.502. The summed E-state index contributed by atoms with van der Waals surface area (Å²) in [7, 11) is 0. The van der Waals surface area contributed by atoms with Gasteiger partial charge in [0.25, 0.3) is 0 Å². The standard InChI is InChI=1S/C31H43NO3/c1-16(2)31(9)29(7,34)13-12-17-14-20-23-19-15-21-24(28(5,6)35-27(21,3)4)25(33)18(19)10-11-22(23)32-26(20)30(17,31)8/h10-11,16-17,21,24,32,34H,12-15H2,1-9H3/t17?,21?,24?,29-,30+,31-/m0/s1. The number of aliphatic hydroxyl groups is 1. The summed E-state index contributed by atoms with van der Waals surface area (Å²) in [5.74, 6) is 1.15. The summed E-state index contributed by atoms with van der Waals surface area (Å²) in [5, 5.41) is 13.0. The number of rotatable bonds is 1. The SMILES string of the molecule is CC(C)[C@@]1(C)[C@@](C)(O)CCC2Cc3c([nH]c4ccc5c(c34)CC3C(C5=O)C(C)(C)OC3(C)C)[C@@]21C. The van der Waals surface area contributed by atoms with Crippen LogP contribution in [0.5, 0.6) is 0 Å². The molecule has 1 aromatic carbocycles. The van der Waals surface area contributed by atoms with Crippen LogP contribution in [0.1, 0.15) is 102 Å². The third kappa shape index (κ3) is 2.59. The van der Waals surface area contributed by atoms with Crippen LogP contribution in [-0.2, 0) is 23.0 Å². The van der Waals surface area contributed by atoms with Crippen LogP contribution >= 0.6 is 0 Å². The van der Waals surface area contributed by atoms with E-state index in [4.69, 9.17) is 4.74 Å². The topological polar surface area (TPSA) is 62.3 Å². The van der Waals surface area contributed by atoms with Crippen molar-refractivity contribution in [1.82, 2.24) is 4.98 Å². The van der Waals surface area contributed by atoms with E-state index in [0.717, 1.165) is 36.8 Å². The lowest BCUT2D eigenvalue weighted by Gasteiger charge is -2.61. The Bertz CT molecular complexity index is 1260. The highest BCUT2D eigenvalue weighted by atomic mass is 16.5. The maximum atomic E-state index is 13.9. The first-order valence-corrected chi connectivity index (χ1v) is 13.7. The molecule has 1 aromatic heterocycles. The molecule has 0 amide bonds. The number of ketones is 1. The molecule has 4 nitrogen and oxygen atoms in total. The summed E-state index contributed by atoms with van der Waals surface area (Å²) in [5.41, 5.74) is 4.04. The van der Waals surface area contributed by atoms with Crippen LogP contribution in [0.4, 0.5) is 0 Å². The average molecular weight is 478 g/mol. The second-order valence-corrected chi connectivity index (χ2v) is 14.2. The van der Waals surface area contributed by atoms with Crippen molar-refractivity contribution in [3.05, 3.63) is 34.5 Å². The van der Waals surface area contributed by atoms with E-state index in [9.17, 15) is 9.90 Å². The zero-order chi connectivity index (χ0) is 25.5. The van der Waals surface area contributed by atoms with Gasteiger partial charge in [-0.05, 0) is 95.4 Å². The van der Waals surface area contributed by atoms with Crippen molar-refractivity contribution in [2.45, 2.75) is 110 Å². The first kappa shape index (κ1) is 23.7. The van der Waals surface area contributed by atoms with E-state index < -0.39 is 11.2 Å². The van der Waals surface area contributed by atoms with Crippen LogP contribution in [0.3, 0.4) is 0 Å². The summed E-state index contributed by atoms with van der Waals surface area (Å²) in [6.45, 7) is 19.8. The Kier molecular flexibility index (Phi) is 4.48. The van der Waals surface area contributed by atoms with Crippen LogP contribution in [0.15, 0.2) is 12.1 Å². The molecule has 3 aliphatic carbocycles. The number of benzene rings is 1. The Morgan fingerprint density at radius 2 is 1.69 bits per heavy atom. The van der Waals surface area contributed by atoms with Crippen molar-refractivity contribution in [2.24, 2.45) is 29.1 Å². The number of hydrogen-bond donors (Lipinski definition) is 2. The Balaban J connectivity index is 1.58. The van der Waals surface area contributed by atoms with E-state index >= 15 is 0 Å². The second-order valence-electron chi connectivity index (χ2n) is 14.2. The highest BCUT2D eigenvalue weighted by Gasteiger charge is 2.66. The molecule has 1 saturated carbocycles. The number of aromatic nitrogens is 1. The predicted molar refractivity (Wildman–Crippen MR) is 140 cm³/mol. The fraction of sp³-hybridized carbons (Fsp3) is 0.710. The maximum Gasteiger partial charge on any atom is 0.169 e.